The van der Waals surface area contributed by atoms with Crippen LogP contribution in [-0.2, 0) is 14.3 Å². The molecule has 7 atom stereocenters. The normalized spacial score (nSPS) is 19.7. The highest BCUT2D eigenvalue weighted by atomic mass is 16.7. The fraction of sp³-hybridized carbons (Fsp3) is 0.766. The van der Waals surface area contributed by atoms with Crippen LogP contribution in [0.4, 0.5) is 0 Å². The van der Waals surface area contributed by atoms with Crippen molar-refractivity contribution >= 4 is 5.91 Å². The van der Waals surface area contributed by atoms with Crippen LogP contribution >= 0.6 is 0 Å². The fourth-order valence-corrected chi connectivity index (χ4v) is 9.26. The summed E-state index contributed by atoms with van der Waals surface area (Å²) in [5, 5.41) is 54.7. The molecule has 73 heavy (non-hydrogen) atoms. The van der Waals surface area contributed by atoms with Gasteiger partial charge in [0.25, 0.3) is 0 Å². The zero-order valence-corrected chi connectivity index (χ0v) is 46.9. The molecule has 7 unspecified atom stereocenters. The van der Waals surface area contributed by atoms with Crippen LogP contribution in [0.25, 0.3) is 0 Å². The molecule has 6 N–H and O–H groups in total. The molecule has 0 saturated carbocycles. The number of unbranched alkanes of at least 4 members (excludes halogenated alkanes) is 27. The van der Waals surface area contributed by atoms with Crippen molar-refractivity contribution in [2.24, 2.45) is 0 Å². The molecule has 0 bridgehead atoms. The number of nitrogens with one attached hydrogen (secondary N) is 1. The predicted octanol–water partition coefficient (Wildman–Crippen LogP) is 15.4. The molecule has 9 heteroatoms. The van der Waals surface area contributed by atoms with Crippen LogP contribution in [-0.4, -0.2) is 87.5 Å². The van der Waals surface area contributed by atoms with Crippen molar-refractivity contribution in [1.29, 1.82) is 0 Å². The molecule has 1 heterocycles. The van der Waals surface area contributed by atoms with E-state index in [4.69, 9.17) is 9.47 Å². The number of aliphatic hydroxyl groups is 5. The van der Waals surface area contributed by atoms with E-state index in [-0.39, 0.29) is 12.5 Å². The maximum absolute atomic E-state index is 13.1. The van der Waals surface area contributed by atoms with Crippen molar-refractivity contribution in [2.45, 2.75) is 301 Å². The molecule has 1 rings (SSSR count). The third-order valence-corrected chi connectivity index (χ3v) is 14.0. The van der Waals surface area contributed by atoms with Gasteiger partial charge in [-0.3, -0.25) is 4.79 Å². The molecule has 0 spiro atoms. The molecule has 0 radical (unpaired) electrons. The molecule has 1 amide bonds. The van der Waals surface area contributed by atoms with Gasteiger partial charge in [0.1, 0.15) is 24.4 Å². The number of hydrogen-bond acceptors (Lipinski definition) is 8. The van der Waals surface area contributed by atoms with Gasteiger partial charge < -0.3 is 40.3 Å². The second-order valence-electron chi connectivity index (χ2n) is 20.8. The lowest BCUT2D eigenvalue weighted by Gasteiger charge is -2.40. The summed E-state index contributed by atoms with van der Waals surface area (Å²) in [6.45, 7) is 3.73. The Bertz CT molecular complexity index is 1420. The Balaban J connectivity index is 2.17. The molecule has 1 saturated heterocycles. The molecule has 1 aliphatic heterocycles. The van der Waals surface area contributed by atoms with Gasteiger partial charge >= 0.3 is 0 Å². The Morgan fingerprint density at radius 3 is 1.26 bits per heavy atom. The number of amides is 1. The third-order valence-electron chi connectivity index (χ3n) is 14.0. The number of allylic oxidation sites excluding steroid dienone is 14. The summed E-state index contributed by atoms with van der Waals surface area (Å²) in [4.78, 5) is 13.1. The van der Waals surface area contributed by atoms with Gasteiger partial charge in [0.2, 0.25) is 5.91 Å². The van der Waals surface area contributed by atoms with Gasteiger partial charge in [0.15, 0.2) is 6.29 Å². The zero-order valence-electron chi connectivity index (χ0n) is 46.9. The minimum atomic E-state index is -1.56. The molecule has 0 aromatic carbocycles. The minimum absolute atomic E-state index is 0.142. The highest BCUT2D eigenvalue weighted by Gasteiger charge is 2.44. The number of carbonyl (C=O) groups excluding carboxylic acids is 1. The van der Waals surface area contributed by atoms with Gasteiger partial charge in [0, 0.05) is 6.42 Å². The summed E-state index contributed by atoms with van der Waals surface area (Å²) < 4.78 is 11.3. The Kier molecular flexibility index (Phi) is 49.5. The van der Waals surface area contributed by atoms with E-state index in [9.17, 15) is 30.3 Å². The number of aliphatic hydroxyl groups excluding tert-OH is 5. The first-order valence-corrected chi connectivity index (χ1v) is 30.3. The number of carbonyl (C=O) groups is 1. The predicted molar refractivity (Wildman–Crippen MR) is 308 cm³/mol. The summed E-state index contributed by atoms with van der Waals surface area (Å²) in [7, 11) is 0. The average molecular weight is 1020 g/mol. The lowest BCUT2D eigenvalue weighted by Crippen LogP contribution is -2.60. The SMILES string of the molecule is CC/C=C\C/C=C\C/C=C\C/C=C\C/C=C\C/C=C\C/C=C\CCCCCCCCCCCCCC(=O)NC(COC1OC(CO)C(O)C(O)C1O)C(O)CCCCCCCCCCCCCCCCCCC. The molecule has 0 aromatic heterocycles. The van der Waals surface area contributed by atoms with Gasteiger partial charge in [-0.05, 0) is 70.6 Å². The Labute approximate surface area is 448 Å². The van der Waals surface area contributed by atoms with E-state index in [0.717, 1.165) is 89.9 Å². The van der Waals surface area contributed by atoms with Crippen LogP contribution in [0.15, 0.2) is 85.1 Å². The molecular weight excluding hydrogens is 911 g/mol. The van der Waals surface area contributed by atoms with Crippen LogP contribution < -0.4 is 5.32 Å². The molecule has 1 aliphatic rings. The molecular formula is C64H113NO8. The van der Waals surface area contributed by atoms with Gasteiger partial charge in [-0.25, -0.2) is 0 Å². The van der Waals surface area contributed by atoms with E-state index < -0.39 is 49.5 Å². The molecule has 422 valence electrons. The van der Waals surface area contributed by atoms with Crippen molar-refractivity contribution < 1.29 is 39.8 Å². The lowest BCUT2D eigenvalue weighted by atomic mass is 9.99. The number of hydrogen-bond donors (Lipinski definition) is 6. The van der Waals surface area contributed by atoms with E-state index >= 15 is 0 Å². The summed E-state index contributed by atoms with van der Waals surface area (Å²) in [5.74, 6) is -0.149. The maximum Gasteiger partial charge on any atom is 0.220 e. The van der Waals surface area contributed by atoms with Crippen LogP contribution in [0.2, 0.25) is 0 Å². The van der Waals surface area contributed by atoms with Crippen molar-refractivity contribution in [3.63, 3.8) is 0 Å². The first kappa shape index (κ1) is 68.4. The third kappa shape index (κ3) is 42.2. The molecule has 9 nitrogen and oxygen atoms in total. The Morgan fingerprint density at radius 2 is 0.849 bits per heavy atom. The Morgan fingerprint density at radius 1 is 0.479 bits per heavy atom. The van der Waals surface area contributed by atoms with Crippen molar-refractivity contribution in [3.05, 3.63) is 85.1 Å². The summed E-state index contributed by atoms with van der Waals surface area (Å²) >= 11 is 0. The quantitative estimate of drug-likeness (QED) is 0.0261. The zero-order chi connectivity index (χ0) is 52.9. The maximum atomic E-state index is 13.1. The monoisotopic (exact) mass is 1020 g/mol. The summed E-state index contributed by atoms with van der Waals surface area (Å²) in [5.41, 5.74) is 0. The molecule has 0 aliphatic carbocycles. The highest BCUT2D eigenvalue weighted by Crippen LogP contribution is 2.23. The van der Waals surface area contributed by atoms with Gasteiger partial charge in [-0.2, -0.15) is 0 Å². The smallest absolute Gasteiger partial charge is 0.220 e. The lowest BCUT2D eigenvalue weighted by molar-refractivity contribution is -0.302. The number of ether oxygens (including phenoxy) is 2. The summed E-state index contributed by atoms with van der Waals surface area (Å²) in [6, 6.07) is -0.726. The van der Waals surface area contributed by atoms with E-state index in [0.29, 0.717) is 12.8 Å². The Hall–Kier alpha value is -2.63. The highest BCUT2D eigenvalue weighted by molar-refractivity contribution is 5.76. The number of rotatable bonds is 51. The van der Waals surface area contributed by atoms with Crippen molar-refractivity contribution in [3.8, 4) is 0 Å². The van der Waals surface area contributed by atoms with E-state index in [1.165, 1.54) is 141 Å². The van der Waals surface area contributed by atoms with Gasteiger partial charge in [-0.15, -0.1) is 0 Å². The molecule has 0 aromatic rings. The van der Waals surface area contributed by atoms with Gasteiger partial charge in [0.05, 0.1) is 25.4 Å². The first-order valence-electron chi connectivity index (χ1n) is 30.3. The first-order chi connectivity index (χ1) is 35.8. The molecule has 1 fully saturated rings. The van der Waals surface area contributed by atoms with E-state index in [1.807, 2.05) is 0 Å². The van der Waals surface area contributed by atoms with E-state index in [2.05, 4.69) is 104 Å². The second-order valence-corrected chi connectivity index (χ2v) is 20.8. The van der Waals surface area contributed by atoms with Gasteiger partial charge in [-0.1, -0.05) is 266 Å². The topological polar surface area (TPSA) is 149 Å². The van der Waals surface area contributed by atoms with Crippen molar-refractivity contribution in [2.75, 3.05) is 13.2 Å². The van der Waals surface area contributed by atoms with Crippen LogP contribution in [0, 0.1) is 0 Å². The standard InChI is InChI=1S/C64H113NO8/c1-3-5-7-9-11-13-15-17-19-21-22-23-24-25-26-27-28-29-30-31-32-33-34-35-36-38-40-42-44-46-48-50-52-54-60(68)65-57(56-72-64-63(71)62(70)61(69)59(55-66)73-64)58(67)53-51-49-47-45-43-41-39-37-20-18-16-14-12-10-8-6-4-2/h5,7,11,13,17,19,22-23,25-26,28-29,31-32,57-59,61-64,66-67,69-71H,3-4,6,8-10,12,14-16,18,20-21,24,27,30,33-56H2,1-2H3,(H,65,68)/b7-5-,13-11-,19-17-,23-22-,26-25-,29-28-,32-31-. The van der Waals surface area contributed by atoms with Crippen LogP contribution in [0.3, 0.4) is 0 Å². The fourth-order valence-electron chi connectivity index (χ4n) is 9.26. The average Bonchev–Trinajstić information content (AvgIpc) is 3.39. The van der Waals surface area contributed by atoms with Crippen LogP contribution in [0.5, 0.6) is 0 Å². The minimum Gasteiger partial charge on any atom is -0.394 e. The van der Waals surface area contributed by atoms with E-state index in [1.54, 1.807) is 0 Å². The largest absolute Gasteiger partial charge is 0.394 e. The summed E-state index contributed by atoms with van der Waals surface area (Å²) in [6.07, 6.45) is 67.5. The van der Waals surface area contributed by atoms with Crippen molar-refractivity contribution in [1.82, 2.24) is 5.32 Å². The second kappa shape index (κ2) is 52.8. The van der Waals surface area contributed by atoms with Crippen LogP contribution in [0.1, 0.15) is 258 Å².